The molecule has 1 aliphatic rings. The van der Waals surface area contributed by atoms with Crippen molar-refractivity contribution in [3.05, 3.63) is 36.0 Å². The van der Waals surface area contributed by atoms with Crippen molar-refractivity contribution in [3.63, 3.8) is 0 Å². The molecule has 8 nitrogen and oxygen atoms in total. The van der Waals surface area contributed by atoms with Gasteiger partial charge in [-0.3, -0.25) is 4.79 Å². The second kappa shape index (κ2) is 11.0. The van der Waals surface area contributed by atoms with Crippen LogP contribution in [-0.2, 0) is 23.9 Å². The van der Waals surface area contributed by atoms with Crippen LogP contribution in [0.2, 0.25) is 0 Å². The number of anilines is 1. The molecular formula is C20H26N2O6. The second-order valence-corrected chi connectivity index (χ2v) is 6.13. The van der Waals surface area contributed by atoms with Gasteiger partial charge in [-0.2, -0.15) is 0 Å². The average Bonchev–Trinajstić information content (AvgIpc) is 2.70. The van der Waals surface area contributed by atoms with E-state index in [1.54, 1.807) is 43.0 Å². The molecule has 1 aromatic carbocycles. The maximum absolute atomic E-state index is 11.9. The molecule has 0 atom stereocenters. The summed E-state index contributed by atoms with van der Waals surface area (Å²) in [4.78, 5) is 36.3. The highest BCUT2D eigenvalue weighted by atomic mass is 16.6. The van der Waals surface area contributed by atoms with Crippen molar-refractivity contribution in [2.75, 3.05) is 31.6 Å². The van der Waals surface area contributed by atoms with Crippen LogP contribution in [0.4, 0.5) is 5.69 Å². The monoisotopic (exact) mass is 390 g/mol. The zero-order valence-electron chi connectivity index (χ0n) is 16.2. The fraction of sp³-hybridized carbons (Fsp3) is 0.450. The van der Waals surface area contributed by atoms with Gasteiger partial charge in [-0.1, -0.05) is 0 Å². The summed E-state index contributed by atoms with van der Waals surface area (Å²) in [7, 11) is 0. The summed E-state index contributed by atoms with van der Waals surface area (Å²) in [6.45, 7) is 5.04. The van der Waals surface area contributed by atoms with E-state index in [1.165, 1.54) is 6.20 Å². The standard InChI is InChI=1S/C20H26N2O6/c1-3-26-19(24)18(20(25)27-4-2)13-21-15-5-7-16(8-6-15)28-17-9-11-22(14-23)12-10-17/h5-8,13-14,17,21H,3-4,9-12H2,1-2H3. The summed E-state index contributed by atoms with van der Waals surface area (Å²) < 4.78 is 15.7. The molecule has 0 spiro atoms. The van der Waals surface area contributed by atoms with Crippen molar-refractivity contribution in [2.24, 2.45) is 0 Å². The Morgan fingerprint density at radius 1 is 1.07 bits per heavy atom. The number of piperidine rings is 1. The fourth-order valence-corrected chi connectivity index (χ4v) is 2.70. The third-order valence-electron chi connectivity index (χ3n) is 4.16. The molecule has 8 heteroatoms. The lowest BCUT2D eigenvalue weighted by Gasteiger charge is -2.29. The van der Waals surface area contributed by atoms with E-state index in [1.807, 2.05) is 0 Å². The topological polar surface area (TPSA) is 94.2 Å². The van der Waals surface area contributed by atoms with Gasteiger partial charge in [-0.05, 0) is 38.1 Å². The van der Waals surface area contributed by atoms with Gasteiger partial charge in [0.05, 0.1) is 13.2 Å². The number of likely N-dealkylation sites (tertiary alicyclic amines) is 1. The minimum absolute atomic E-state index is 0.0779. The molecule has 1 amide bonds. The van der Waals surface area contributed by atoms with Crippen LogP contribution in [-0.4, -0.2) is 55.7 Å². The lowest BCUT2D eigenvalue weighted by Crippen LogP contribution is -2.37. The van der Waals surface area contributed by atoms with E-state index in [0.29, 0.717) is 18.8 Å². The summed E-state index contributed by atoms with van der Waals surface area (Å²) in [6, 6.07) is 7.16. The maximum Gasteiger partial charge on any atom is 0.347 e. The largest absolute Gasteiger partial charge is 0.490 e. The highest BCUT2D eigenvalue weighted by Crippen LogP contribution is 2.21. The SMILES string of the molecule is CCOC(=O)C(=CNc1ccc(OC2CCN(C=O)CC2)cc1)C(=O)OCC. The summed E-state index contributed by atoms with van der Waals surface area (Å²) in [6.07, 6.45) is 3.81. The van der Waals surface area contributed by atoms with Gasteiger partial charge in [0.15, 0.2) is 5.57 Å². The number of nitrogens with one attached hydrogen (secondary N) is 1. The van der Waals surface area contributed by atoms with Crippen molar-refractivity contribution in [1.29, 1.82) is 0 Å². The smallest absolute Gasteiger partial charge is 0.347 e. The molecule has 0 bridgehead atoms. The Labute approximate surface area is 164 Å². The lowest BCUT2D eigenvalue weighted by atomic mass is 10.1. The molecule has 1 aliphatic heterocycles. The Bertz CT molecular complexity index is 673. The molecule has 152 valence electrons. The number of nitrogens with zero attached hydrogens (tertiary/aromatic N) is 1. The van der Waals surface area contributed by atoms with Crippen LogP contribution in [0.15, 0.2) is 36.0 Å². The van der Waals surface area contributed by atoms with Crippen molar-refractivity contribution in [3.8, 4) is 5.75 Å². The number of ether oxygens (including phenoxy) is 3. The van der Waals surface area contributed by atoms with E-state index >= 15 is 0 Å². The van der Waals surface area contributed by atoms with E-state index in [-0.39, 0.29) is 24.9 Å². The zero-order valence-corrected chi connectivity index (χ0v) is 16.2. The number of amides is 1. The third-order valence-corrected chi connectivity index (χ3v) is 4.16. The van der Waals surface area contributed by atoms with Gasteiger partial charge in [0.1, 0.15) is 11.9 Å². The second-order valence-electron chi connectivity index (χ2n) is 6.13. The Morgan fingerprint density at radius 2 is 1.64 bits per heavy atom. The van der Waals surface area contributed by atoms with Crippen LogP contribution >= 0.6 is 0 Å². The van der Waals surface area contributed by atoms with Crippen LogP contribution in [0.1, 0.15) is 26.7 Å². The normalized spacial score (nSPS) is 14.0. The van der Waals surface area contributed by atoms with Crippen molar-refractivity contribution in [1.82, 2.24) is 4.90 Å². The Kier molecular flexibility index (Phi) is 8.33. The van der Waals surface area contributed by atoms with Crippen LogP contribution < -0.4 is 10.1 Å². The van der Waals surface area contributed by atoms with Gasteiger partial charge in [-0.15, -0.1) is 0 Å². The van der Waals surface area contributed by atoms with E-state index < -0.39 is 11.9 Å². The molecule has 1 aromatic rings. The first-order chi connectivity index (χ1) is 13.6. The molecular weight excluding hydrogens is 364 g/mol. The third kappa shape index (κ3) is 6.29. The quantitative estimate of drug-likeness (QED) is 0.227. The summed E-state index contributed by atoms with van der Waals surface area (Å²) in [5.74, 6) is -0.764. The zero-order chi connectivity index (χ0) is 20.4. The highest BCUT2D eigenvalue weighted by Gasteiger charge is 2.21. The molecule has 1 N–H and O–H groups in total. The number of hydrogen-bond acceptors (Lipinski definition) is 7. The molecule has 0 aliphatic carbocycles. The van der Waals surface area contributed by atoms with Crippen molar-refractivity contribution in [2.45, 2.75) is 32.8 Å². The molecule has 1 fully saturated rings. The number of rotatable bonds is 9. The van der Waals surface area contributed by atoms with Crippen molar-refractivity contribution < 1.29 is 28.6 Å². The molecule has 2 rings (SSSR count). The van der Waals surface area contributed by atoms with Crippen LogP contribution in [0, 0.1) is 0 Å². The number of carbonyl (C=O) groups is 3. The Morgan fingerprint density at radius 3 is 2.14 bits per heavy atom. The molecule has 0 unspecified atom stereocenters. The number of carbonyl (C=O) groups excluding carboxylic acids is 3. The maximum atomic E-state index is 11.9. The molecule has 1 saturated heterocycles. The predicted octanol–water partition coefficient (Wildman–Crippen LogP) is 2.11. The number of esters is 2. The lowest BCUT2D eigenvalue weighted by molar-refractivity contribution is -0.146. The van der Waals surface area contributed by atoms with E-state index in [2.05, 4.69) is 5.32 Å². The van der Waals surface area contributed by atoms with Gasteiger partial charge in [-0.25, -0.2) is 9.59 Å². The first kappa shape index (κ1) is 21.3. The molecule has 28 heavy (non-hydrogen) atoms. The fourth-order valence-electron chi connectivity index (χ4n) is 2.70. The first-order valence-corrected chi connectivity index (χ1v) is 9.34. The average molecular weight is 390 g/mol. The van der Waals surface area contributed by atoms with Gasteiger partial charge in [0.25, 0.3) is 0 Å². The number of hydrogen-bond donors (Lipinski definition) is 1. The van der Waals surface area contributed by atoms with Gasteiger partial charge in [0.2, 0.25) is 6.41 Å². The van der Waals surface area contributed by atoms with E-state index in [4.69, 9.17) is 14.2 Å². The Balaban J connectivity index is 1.96. The molecule has 0 radical (unpaired) electrons. The van der Waals surface area contributed by atoms with Crippen LogP contribution in [0.3, 0.4) is 0 Å². The molecule has 1 heterocycles. The minimum Gasteiger partial charge on any atom is -0.490 e. The summed E-state index contributed by atoms with van der Waals surface area (Å²) >= 11 is 0. The van der Waals surface area contributed by atoms with Crippen LogP contribution in [0.5, 0.6) is 5.75 Å². The minimum atomic E-state index is -0.741. The van der Waals surface area contributed by atoms with Crippen molar-refractivity contribution >= 4 is 24.0 Å². The predicted molar refractivity (Wildman–Crippen MR) is 103 cm³/mol. The van der Waals surface area contributed by atoms with Crippen LogP contribution in [0.25, 0.3) is 0 Å². The molecule has 0 saturated carbocycles. The summed E-state index contributed by atoms with van der Waals surface area (Å²) in [5.41, 5.74) is 0.472. The van der Waals surface area contributed by atoms with Gasteiger partial charge >= 0.3 is 11.9 Å². The Hall–Kier alpha value is -3.03. The van der Waals surface area contributed by atoms with E-state index in [0.717, 1.165) is 25.0 Å². The van der Waals surface area contributed by atoms with E-state index in [9.17, 15) is 14.4 Å². The number of benzene rings is 1. The highest BCUT2D eigenvalue weighted by molar-refractivity contribution is 6.14. The van der Waals surface area contributed by atoms with Gasteiger partial charge in [0, 0.05) is 37.8 Å². The summed E-state index contributed by atoms with van der Waals surface area (Å²) in [5, 5.41) is 2.90. The first-order valence-electron chi connectivity index (χ1n) is 9.34. The van der Waals surface area contributed by atoms with Gasteiger partial charge < -0.3 is 24.4 Å². The molecule has 0 aromatic heterocycles.